The number of amides is 1. The molecule has 0 aromatic heterocycles. The van der Waals surface area contributed by atoms with E-state index in [0.29, 0.717) is 0 Å². The Labute approximate surface area is 87.3 Å². The minimum absolute atomic E-state index is 0.749. The van der Waals surface area contributed by atoms with Gasteiger partial charge in [0.15, 0.2) is 0 Å². The number of nitrogens with one attached hydrogen (secondary N) is 1. The van der Waals surface area contributed by atoms with Crippen LogP contribution in [-0.2, 0) is 4.79 Å². The lowest BCUT2D eigenvalue weighted by atomic mass is 10.3. The molecule has 0 heterocycles. The van der Waals surface area contributed by atoms with E-state index >= 15 is 0 Å². The summed E-state index contributed by atoms with van der Waals surface area (Å²) in [4.78, 5) is 14.6. The van der Waals surface area contributed by atoms with Crippen molar-refractivity contribution >= 4 is 6.41 Å². The van der Waals surface area contributed by atoms with Crippen molar-refractivity contribution in [2.75, 3.05) is 46.8 Å². The molecule has 0 bridgehead atoms. The first-order valence-electron chi connectivity index (χ1n) is 5.24. The van der Waals surface area contributed by atoms with Crippen LogP contribution in [0.3, 0.4) is 0 Å². The molecule has 14 heavy (non-hydrogen) atoms. The van der Waals surface area contributed by atoms with Gasteiger partial charge in [-0.2, -0.15) is 0 Å². The predicted octanol–water partition coefficient (Wildman–Crippen LogP) is 0.00600. The highest BCUT2D eigenvalue weighted by molar-refractivity contribution is 5.45. The molecule has 84 valence electrons. The van der Waals surface area contributed by atoms with Gasteiger partial charge in [0.05, 0.1) is 0 Å². The monoisotopic (exact) mass is 201 g/mol. The molecule has 0 fully saturated rings. The van der Waals surface area contributed by atoms with Gasteiger partial charge >= 0.3 is 0 Å². The molecule has 0 aliphatic heterocycles. The Morgan fingerprint density at radius 3 is 2.43 bits per heavy atom. The lowest BCUT2D eigenvalue weighted by molar-refractivity contribution is -0.109. The molecule has 0 aliphatic rings. The normalized spacial score (nSPS) is 10.9. The molecular formula is C10H23N3O. The van der Waals surface area contributed by atoms with E-state index in [9.17, 15) is 4.79 Å². The fourth-order valence-electron chi connectivity index (χ4n) is 1.32. The van der Waals surface area contributed by atoms with Gasteiger partial charge in [-0.05, 0) is 40.2 Å². The van der Waals surface area contributed by atoms with Crippen LogP contribution in [0.15, 0.2) is 0 Å². The SMILES string of the molecule is CCN(CCCN(C)C)CCNC=O. The maximum Gasteiger partial charge on any atom is 0.207 e. The third-order valence-corrected chi connectivity index (χ3v) is 2.18. The van der Waals surface area contributed by atoms with Crippen molar-refractivity contribution in [2.24, 2.45) is 0 Å². The average molecular weight is 201 g/mol. The van der Waals surface area contributed by atoms with E-state index in [4.69, 9.17) is 0 Å². The quantitative estimate of drug-likeness (QED) is 0.421. The second-order valence-corrected chi connectivity index (χ2v) is 3.66. The Morgan fingerprint density at radius 2 is 1.93 bits per heavy atom. The molecule has 0 saturated carbocycles. The zero-order valence-electron chi connectivity index (χ0n) is 9.62. The highest BCUT2D eigenvalue weighted by Gasteiger charge is 2.01. The Hall–Kier alpha value is -0.610. The number of nitrogens with zero attached hydrogens (tertiary/aromatic N) is 2. The van der Waals surface area contributed by atoms with Crippen LogP contribution in [0.5, 0.6) is 0 Å². The fraction of sp³-hybridized carbons (Fsp3) is 0.900. The Bertz CT molecular complexity index is 139. The van der Waals surface area contributed by atoms with Crippen LogP contribution in [0.2, 0.25) is 0 Å². The van der Waals surface area contributed by atoms with Crippen molar-refractivity contribution in [1.82, 2.24) is 15.1 Å². The van der Waals surface area contributed by atoms with E-state index in [1.54, 1.807) is 0 Å². The maximum atomic E-state index is 10.0. The lowest BCUT2D eigenvalue weighted by Gasteiger charge is -2.20. The fourth-order valence-corrected chi connectivity index (χ4v) is 1.32. The van der Waals surface area contributed by atoms with Gasteiger partial charge in [0.25, 0.3) is 0 Å². The van der Waals surface area contributed by atoms with Gasteiger partial charge < -0.3 is 15.1 Å². The maximum absolute atomic E-state index is 10.0. The topological polar surface area (TPSA) is 35.6 Å². The number of rotatable bonds is 9. The van der Waals surface area contributed by atoms with Gasteiger partial charge in [-0.1, -0.05) is 6.92 Å². The third kappa shape index (κ3) is 8.01. The molecule has 0 aliphatic carbocycles. The molecule has 0 atom stereocenters. The molecule has 0 radical (unpaired) electrons. The molecule has 0 spiro atoms. The van der Waals surface area contributed by atoms with Crippen LogP contribution in [0, 0.1) is 0 Å². The van der Waals surface area contributed by atoms with Gasteiger partial charge in [-0.25, -0.2) is 0 Å². The lowest BCUT2D eigenvalue weighted by Crippen LogP contribution is -2.33. The number of carbonyl (C=O) groups excluding carboxylic acids is 1. The number of hydrogen-bond acceptors (Lipinski definition) is 3. The molecular weight excluding hydrogens is 178 g/mol. The Kier molecular flexibility index (Phi) is 8.57. The highest BCUT2D eigenvalue weighted by atomic mass is 16.1. The minimum atomic E-state index is 0.749. The van der Waals surface area contributed by atoms with Gasteiger partial charge in [0.2, 0.25) is 6.41 Å². The van der Waals surface area contributed by atoms with E-state index in [0.717, 1.165) is 39.1 Å². The third-order valence-electron chi connectivity index (χ3n) is 2.18. The van der Waals surface area contributed by atoms with Gasteiger partial charge in [-0.3, -0.25) is 4.79 Å². The highest BCUT2D eigenvalue weighted by Crippen LogP contribution is 1.91. The zero-order valence-corrected chi connectivity index (χ0v) is 9.62. The van der Waals surface area contributed by atoms with E-state index in [1.165, 1.54) is 6.42 Å². The van der Waals surface area contributed by atoms with Gasteiger partial charge in [-0.15, -0.1) is 0 Å². The Balaban J connectivity index is 3.42. The zero-order chi connectivity index (χ0) is 10.8. The summed E-state index contributed by atoms with van der Waals surface area (Å²) in [7, 11) is 4.18. The van der Waals surface area contributed by atoms with Crippen molar-refractivity contribution in [3.05, 3.63) is 0 Å². The summed E-state index contributed by atoms with van der Waals surface area (Å²) in [6.45, 7) is 7.12. The summed E-state index contributed by atoms with van der Waals surface area (Å²) in [6.07, 6.45) is 1.94. The van der Waals surface area contributed by atoms with Crippen LogP contribution in [0.1, 0.15) is 13.3 Å². The van der Waals surface area contributed by atoms with Crippen molar-refractivity contribution < 1.29 is 4.79 Å². The van der Waals surface area contributed by atoms with E-state index < -0.39 is 0 Å². The van der Waals surface area contributed by atoms with Crippen molar-refractivity contribution in [2.45, 2.75) is 13.3 Å². The molecule has 0 unspecified atom stereocenters. The van der Waals surface area contributed by atoms with E-state index in [-0.39, 0.29) is 0 Å². The standard InChI is InChI=1S/C10H23N3O/c1-4-13(9-6-11-10-14)8-5-7-12(2)3/h10H,4-9H2,1-3H3,(H,11,14). The number of likely N-dealkylation sites (N-methyl/N-ethyl adjacent to an activating group) is 1. The summed E-state index contributed by atoms with van der Waals surface area (Å²) >= 11 is 0. The largest absolute Gasteiger partial charge is 0.357 e. The second-order valence-electron chi connectivity index (χ2n) is 3.66. The molecule has 4 heteroatoms. The summed E-state index contributed by atoms with van der Waals surface area (Å²) in [5, 5.41) is 2.68. The molecule has 1 amide bonds. The smallest absolute Gasteiger partial charge is 0.207 e. The first-order chi connectivity index (χ1) is 6.70. The summed E-state index contributed by atoms with van der Waals surface area (Å²) in [5.41, 5.74) is 0. The summed E-state index contributed by atoms with van der Waals surface area (Å²) < 4.78 is 0. The number of hydrogen-bond donors (Lipinski definition) is 1. The van der Waals surface area contributed by atoms with Gasteiger partial charge in [0.1, 0.15) is 0 Å². The molecule has 0 saturated heterocycles. The molecule has 0 aromatic carbocycles. The van der Waals surface area contributed by atoms with Crippen LogP contribution in [-0.4, -0.2) is 63.0 Å². The molecule has 1 N–H and O–H groups in total. The number of carbonyl (C=O) groups is 1. The van der Waals surface area contributed by atoms with Crippen molar-refractivity contribution in [1.29, 1.82) is 0 Å². The Morgan fingerprint density at radius 1 is 1.21 bits per heavy atom. The van der Waals surface area contributed by atoms with Crippen LogP contribution >= 0.6 is 0 Å². The van der Waals surface area contributed by atoms with Gasteiger partial charge in [0, 0.05) is 13.1 Å². The first-order valence-corrected chi connectivity index (χ1v) is 5.24. The van der Waals surface area contributed by atoms with Crippen LogP contribution in [0.25, 0.3) is 0 Å². The van der Waals surface area contributed by atoms with Crippen molar-refractivity contribution in [3.8, 4) is 0 Å². The summed E-state index contributed by atoms with van der Waals surface area (Å²) in [6, 6.07) is 0. The molecule has 0 rings (SSSR count). The molecule has 0 aromatic rings. The van der Waals surface area contributed by atoms with Crippen LogP contribution in [0.4, 0.5) is 0 Å². The van der Waals surface area contributed by atoms with E-state index in [2.05, 4.69) is 36.1 Å². The second kappa shape index (κ2) is 8.97. The summed E-state index contributed by atoms with van der Waals surface area (Å²) in [5.74, 6) is 0. The van der Waals surface area contributed by atoms with Crippen molar-refractivity contribution in [3.63, 3.8) is 0 Å². The minimum Gasteiger partial charge on any atom is -0.357 e. The van der Waals surface area contributed by atoms with Crippen LogP contribution < -0.4 is 5.32 Å². The predicted molar refractivity (Wildman–Crippen MR) is 59.4 cm³/mol. The average Bonchev–Trinajstić information content (AvgIpc) is 2.15. The molecule has 4 nitrogen and oxygen atoms in total. The van der Waals surface area contributed by atoms with E-state index in [1.807, 2.05) is 0 Å². The first kappa shape index (κ1) is 13.4.